The minimum Gasteiger partial charge on any atom is -0.493 e. The number of benzene rings is 3. The monoisotopic (exact) mass is 405 g/mol. The molecule has 0 aromatic heterocycles. The van der Waals surface area contributed by atoms with Gasteiger partial charge in [0.05, 0.1) is 31.5 Å². The number of methoxy groups -OCH3 is 1. The predicted octanol–water partition coefficient (Wildman–Crippen LogP) is 4.92. The van der Waals surface area contributed by atoms with Crippen LogP contribution in [0, 0.1) is 11.3 Å². The Kier molecular flexibility index (Phi) is 7.10. The number of rotatable bonds is 8. The van der Waals surface area contributed by atoms with Crippen molar-refractivity contribution in [3.8, 4) is 17.6 Å². The van der Waals surface area contributed by atoms with Crippen LogP contribution in [0.1, 0.15) is 22.3 Å². The second kappa shape index (κ2) is 10.2. The van der Waals surface area contributed by atoms with Gasteiger partial charge in [-0.1, -0.05) is 41.9 Å². The summed E-state index contributed by atoms with van der Waals surface area (Å²) in [5.74, 6) is 1.20. The van der Waals surface area contributed by atoms with E-state index in [2.05, 4.69) is 16.6 Å². The summed E-state index contributed by atoms with van der Waals surface area (Å²) in [6.45, 7) is 0.889. The molecule has 0 bridgehead atoms. The zero-order chi connectivity index (χ0) is 20.5. The van der Waals surface area contributed by atoms with Crippen molar-refractivity contribution >= 4 is 17.8 Å². The van der Waals surface area contributed by atoms with E-state index in [0.29, 0.717) is 28.6 Å². The molecule has 6 heteroatoms. The Morgan fingerprint density at radius 1 is 1.07 bits per heavy atom. The van der Waals surface area contributed by atoms with Crippen molar-refractivity contribution in [2.45, 2.75) is 13.2 Å². The van der Waals surface area contributed by atoms with Crippen molar-refractivity contribution in [1.29, 1.82) is 5.26 Å². The van der Waals surface area contributed by atoms with Gasteiger partial charge in [-0.3, -0.25) is 0 Å². The zero-order valence-corrected chi connectivity index (χ0v) is 16.7. The Morgan fingerprint density at radius 3 is 2.62 bits per heavy atom. The van der Waals surface area contributed by atoms with Crippen LogP contribution in [0.2, 0.25) is 5.02 Å². The van der Waals surface area contributed by atoms with Gasteiger partial charge >= 0.3 is 0 Å². The average molecular weight is 406 g/mol. The molecular formula is C23H20ClN3O2. The van der Waals surface area contributed by atoms with Gasteiger partial charge < -0.3 is 14.9 Å². The number of hydrogen-bond donors (Lipinski definition) is 1. The maximum absolute atomic E-state index is 9.18. The van der Waals surface area contributed by atoms with E-state index in [0.717, 1.165) is 16.7 Å². The largest absolute Gasteiger partial charge is 0.493 e. The molecule has 0 unspecified atom stereocenters. The SMILES string of the molecule is COc1cc(/C=N\NCc2ccc(Cl)cc2)ccc1OCc1ccccc1C#N. The Labute approximate surface area is 175 Å². The molecule has 0 aliphatic rings. The molecular weight excluding hydrogens is 386 g/mol. The first-order valence-corrected chi connectivity index (χ1v) is 9.36. The van der Waals surface area contributed by atoms with Gasteiger partial charge in [0.1, 0.15) is 6.61 Å². The van der Waals surface area contributed by atoms with Gasteiger partial charge in [0.15, 0.2) is 11.5 Å². The molecule has 3 rings (SSSR count). The van der Waals surface area contributed by atoms with Gasteiger partial charge in [-0.2, -0.15) is 10.4 Å². The van der Waals surface area contributed by atoms with Crippen LogP contribution in [0.4, 0.5) is 0 Å². The third kappa shape index (κ3) is 5.74. The fourth-order valence-electron chi connectivity index (χ4n) is 2.65. The normalized spacial score (nSPS) is 10.5. The number of hydrazone groups is 1. The molecule has 0 fully saturated rings. The highest BCUT2D eigenvalue weighted by Gasteiger charge is 2.07. The molecule has 0 spiro atoms. The molecule has 0 aliphatic carbocycles. The van der Waals surface area contributed by atoms with Crippen LogP contribution in [0.25, 0.3) is 0 Å². The van der Waals surface area contributed by atoms with E-state index in [9.17, 15) is 5.26 Å². The molecule has 5 nitrogen and oxygen atoms in total. The first-order chi connectivity index (χ1) is 14.2. The average Bonchev–Trinajstić information content (AvgIpc) is 2.77. The molecule has 0 saturated carbocycles. The Bertz CT molecular complexity index is 1030. The second-order valence-corrected chi connectivity index (χ2v) is 6.62. The quantitative estimate of drug-likeness (QED) is 0.426. The van der Waals surface area contributed by atoms with E-state index in [-0.39, 0.29) is 6.61 Å². The summed E-state index contributed by atoms with van der Waals surface area (Å²) >= 11 is 5.88. The van der Waals surface area contributed by atoms with E-state index >= 15 is 0 Å². The molecule has 0 aliphatic heterocycles. The number of ether oxygens (including phenoxy) is 2. The fraction of sp³-hybridized carbons (Fsp3) is 0.130. The van der Waals surface area contributed by atoms with Crippen LogP contribution in [-0.4, -0.2) is 13.3 Å². The summed E-state index contributed by atoms with van der Waals surface area (Å²) in [4.78, 5) is 0. The highest BCUT2D eigenvalue weighted by molar-refractivity contribution is 6.30. The van der Waals surface area contributed by atoms with Gasteiger partial charge in [-0.25, -0.2) is 0 Å². The van der Waals surface area contributed by atoms with Gasteiger partial charge in [0, 0.05) is 10.6 Å². The van der Waals surface area contributed by atoms with Crippen molar-refractivity contribution in [3.05, 3.63) is 94.0 Å². The lowest BCUT2D eigenvalue weighted by atomic mass is 10.1. The summed E-state index contributed by atoms with van der Waals surface area (Å²) in [6.07, 6.45) is 1.72. The molecule has 0 atom stereocenters. The predicted molar refractivity (Wildman–Crippen MR) is 114 cm³/mol. The first-order valence-electron chi connectivity index (χ1n) is 8.99. The van der Waals surface area contributed by atoms with Gasteiger partial charge in [-0.15, -0.1) is 0 Å². The maximum Gasteiger partial charge on any atom is 0.161 e. The number of nitriles is 1. The lowest BCUT2D eigenvalue weighted by Gasteiger charge is -2.12. The summed E-state index contributed by atoms with van der Waals surface area (Å²) < 4.78 is 11.3. The fourth-order valence-corrected chi connectivity index (χ4v) is 2.78. The summed E-state index contributed by atoms with van der Waals surface area (Å²) in [5.41, 5.74) is 6.39. The third-order valence-corrected chi connectivity index (χ3v) is 4.46. The standard InChI is InChI=1S/C23H20ClN3O2/c1-28-23-12-18(15-27-26-14-17-6-9-21(24)10-7-17)8-11-22(23)29-16-20-5-3-2-4-19(20)13-25/h2-12,15,26H,14,16H2,1H3/b27-15-. The zero-order valence-electron chi connectivity index (χ0n) is 15.9. The van der Waals surface area contributed by atoms with Crippen molar-refractivity contribution in [3.63, 3.8) is 0 Å². The highest BCUT2D eigenvalue weighted by atomic mass is 35.5. The van der Waals surface area contributed by atoms with E-state index in [1.54, 1.807) is 19.4 Å². The highest BCUT2D eigenvalue weighted by Crippen LogP contribution is 2.28. The van der Waals surface area contributed by atoms with Gasteiger partial charge in [0.2, 0.25) is 0 Å². The number of nitrogens with one attached hydrogen (secondary N) is 1. The van der Waals surface area contributed by atoms with E-state index in [1.165, 1.54) is 0 Å². The Morgan fingerprint density at radius 2 is 1.86 bits per heavy atom. The molecule has 1 N–H and O–H groups in total. The number of halogens is 1. The Balaban J connectivity index is 1.60. The van der Waals surface area contributed by atoms with Crippen LogP contribution in [-0.2, 0) is 13.2 Å². The summed E-state index contributed by atoms with van der Waals surface area (Å²) in [7, 11) is 1.59. The summed E-state index contributed by atoms with van der Waals surface area (Å²) in [6, 6.07) is 22.7. The van der Waals surface area contributed by atoms with Crippen LogP contribution in [0.3, 0.4) is 0 Å². The molecule has 29 heavy (non-hydrogen) atoms. The lowest BCUT2D eigenvalue weighted by Crippen LogP contribution is -2.05. The van der Waals surface area contributed by atoms with E-state index < -0.39 is 0 Å². The van der Waals surface area contributed by atoms with Crippen molar-refractivity contribution in [2.75, 3.05) is 7.11 Å². The molecule has 0 radical (unpaired) electrons. The van der Waals surface area contributed by atoms with E-state index in [1.807, 2.05) is 60.7 Å². The van der Waals surface area contributed by atoms with E-state index in [4.69, 9.17) is 21.1 Å². The number of hydrogen-bond acceptors (Lipinski definition) is 5. The van der Waals surface area contributed by atoms with Crippen LogP contribution in [0.15, 0.2) is 71.8 Å². The minimum absolute atomic E-state index is 0.288. The lowest BCUT2D eigenvalue weighted by molar-refractivity contribution is 0.284. The summed E-state index contributed by atoms with van der Waals surface area (Å²) in [5, 5.41) is 14.1. The molecule has 3 aromatic carbocycles. The maximum atomic E-state index is 9.18. The molecule has 0 amide bonds. The van der Waals surface area contributed by atoms with Crippen LogP contribution in [0.5, 0.6) is 11.5 Å². The molecule has 0 saturated heterocycles. The molecule has 0 heterocycles. The molecule has 146 valence electrons. The third-order valence-electron chi connectivity index (χ3n) is 4.21. The second-order valence-electron chi connectivity index (χ2n) is 6.19. The van der Waals surface area contributed by atoms with Crippen molar-refractivity contribution in [1.82, 2.24) is 5.43 Å². The molecule has 3 aromatic rings. The first kappa shape index (κ1) is 20.2. The van der Waals surface area contributed by atoms with Crippen LogP contribution >= 0.6 is 11.6 Å². The van der Waals surface area contributed by atoms with Crippen molar-refractivity contribution in [2.24, 2.45) is 5.10 Å². The van der Waals surface area contributed by atoms with Gasteiger partial charge in [-0.05, 0) is 47.5 Å². The number of nitrogens with zero attached hydrogens (tertiary/aromatic N) is 2. The van der Waals surface area contributed by atoms with Crippen molar-refractivity contribution < 1.29 is 9.47 Å². The smallest absolute Gasteiger partial charge is 0.161 e. The van der Waals surface area contributed by atoms with Crippen LogP contribution < -0.4 is 14.9 Å². The topological polar surface area (TPSA) is 66.6 Å². The Hall–Kier alpha value is -3.49. The minimum atomic E-state index is 0.288. The van der Waals surface area contributed by atoms with Gasteiger partial charge in [0.25, 0.3) is 0 Å².